The Balaban J connectivity index is 2.47. The van der Waals surface area contributed by atoms with Crippen LogP contribution < -0.4 is 4.74 Å². The minimum Gasteiger partial charge on any atom is -0.492 e. The van der Waals surface area contributed by atoms with Crippen LogP contribution in [0, 0.1) is 11.8 Å². The van der Waals surface area contributed by atoms with Gasteiger partial charge in [0.05, 0.1) is 6.61 Å². The third kappa shape index (κ3) is 7.14. The summed E-state index contributed by atoms with van der Waals surface area (Å²) in [4.78, 5) is 2.32. The van der Waals surface area contributed by atoms with E-state index < -0.39 is 0 Å². The third-order valence-electron chi connectivity index (χ3n) is 3.11. The van der Waals surface area contributed by atoms with E-state index >= 15 is 0 Å². The Morgan fingerprint density at radius 3 is 2.67 bits per heavy atom. The van der Waals surface area contributed by atoms with Gasteiger partial charge in [-0.25, -0.2) is 0 Å². The zero-order valence-corrected chi connectivity index (χ0v) is 13.1. The number of nitrogens with zero attached hydrogens (tertiary/aromatic N) is 1. The van der Waals surface area contributed by atoms with Gasteiger partial charge in [-0.05, 0) is 32.0 Å². The first-order valence-corrected chi connectivity index (χ1v) is 7.23. The molecule has 0 aromatic heterocycles. The summed E-state index contributed by atoms with van der Waals surface area (Å²) in [6, 6.07) is 8.07. The summed E-state index contributed by atoms with van der Waals surface area (Å²) in [7, 11) is 1.72. The maximum atomic E-state index is 8.70. The minimum atomic E-state index is -0.131. The minimum absolute atomic E-state index is 0.131. The zero-order valence-electron chi connectivity index (χ0n) is 13.1. The van der Waals surface area contributed by atoms with E-state index in [4.69, 9.17) is 14.6 Å². The van der Waals surface area contributed by atoms with Crippen LogP contribution in [0.25, 0.3) is 0 Å². The predicted octanol–water partition coefficient (Wildman–Crippen LogP) is 1.77. The number of hydrogen-bond acceptors (Lipinski definition) is 4. The average Bonchev–Trinajstić information content (AvgIpc) is 2.48. The van der Waals surface area contributed by atoms with Crippen molar-refractivity contribution in [1.82, 2.24) is 4.90 Å². The Labute approximate surface area is 127 Å². The van der Waals surface area contributed by atoms with Crippen molar-refractivity contribution in [3.05, 3.63) is 29.8 Å². The Morgan fingerprint density at radius 2 is 2.00 bits per heavy atom. The Morgan fingerprint density at radius 1 is 1.24 bits per heavy atom. The van der Waals surface area contributed by atoms with E-state index in [1.165, 1.54) is 0 Å². The maximum absolute atomic E-state index is 8.70. The van der Waals surface area contributed by atoms with Crippen molar-refractivity contribution in [1.29, 1.82) is 0 Å². The number of methoxy groups -OCH3 is 1. The Hall–Kier alpha value is -1.54. The molecule has 1 aromatic rings. The van der Waals surface area contributed by atoms with Gasteiger partial charge in [-0.2, -0.15) is 0 Å². The molecule has 0 atom stereocenters. The molecule has 0 saturated carbocycles. The van der Waals surface area contributed by atoms with Crippen LogP contribution in [0.5, 0.6) is 5.75 Å². The maximum Gasteiger partial charge on any atom is 0.120 e. The average molecular weight is 291 g/mol. The number of benzene rings is 1. The lowest BCUT2D eigenvalue weighted by Gasteiger charge is -2.25. The van der Waals surface area contributed by atoms with Gasteiger partial charge in [-0.15, -0.1) is 0 Å². The highest BCUT2D eigenvalue weighted by molar-refractivity contribution is 5.39. The van der Waals surface area contributed by atoms with Gasteiger partial charge in [0.1, 0.15) is 19.0 Å². The van der Waals surface area contributed by atoms with E-state index in [1.807, 2.05) is 24.3 Å². The predicted molar refractivity (Wildman–Crippen MR) is 84.5 cm³/mol. The van der Waals surface area contributed by atoms with Crippen LogP contribution in [0.3, 0.4) is 0 Å². The van der Waals surface area contributed by atoms with Crippen molar-refractivity contribution in [2.45, 2.75) is 19.9 Å². The van der Waals surface area contributed by atoms with Crippen LogP contribution in [0.4, 0.5) is 0 Å². The van der Waals surface area contributed by atoms with Gasteiger partial charge >= 0.3 is 0 Å². The van der Waals surface area contributed by atoms with E-state index in [1.54, 1.807) is 7.11 Å². The number of rotatable bonds is 8. The normalized spacial score (nSPS) is 10.6. The molecule has 1 aromatic carbocycles. The lowest BCUT2D eigenvalue weighted by atomic mass is 10.2. The molecule has 0 heterocycles. The third-order valence-corrected chi connectivity index (χ3v) is 3.11. The summed E-state index contributed by atoms with van der Waals surface area (Å²) < 4.78 is 10.9. The zero-order chi connectivity index (χ0) is 15.5. The van der Waals surface area contributed by atoms with E-state index in [9.17, 15) is 0 Å². The highest BCUT2D eigenvalue weighted by atomic mass is 16.5. The lowest BCUT2D eigenvalue weighted by Crippen LogP contribution is -2.37. The molecule has 0 fully saturated rings. The second-order valence-electron chi connectivity index (χ2n) is 4.96. The number of ether oxygens (including phenoxy) is 2. The molecule has 0 bridgehead atoms. The molecule has 4 heteroatoms. The van der Waals surface area contributed by atoms with Crippen LogP contribution in [-0.4, -0.2) is 56.1 Å². The highest BCUT2D eigenvalue weighted by Gasteiger charge is 2.08. The molecule has 0 saturated heterocycles. The first-order chi connectivity index (χ1) is 10.2. The van der Waals surface area contributed by atoms with Crippen LogP contribution in [0.15, 0.2) is 24.3 Å². The van der Waals surface area contributed by atoms with Crippen LogP contribution in [0.1, 0.15) is 19.4 Å². The van der Waals surface area contributed by atoms with Crippen molar-refractivity contribution in [3.8, 4) is 17.6 Å². The van der Waals surface area contributed by atoms with Gasteiger partial charge < -0.3 is 14.6 Å². The fraction of sp³-hybridized carbons (Fsp3) is 0.529. The van der Waals surface area contributed by atoms with Crippen LogP contribution >= 0.6 is 0 Å². The molecule has 0 radical (unpaired) electrons. The molecule has 0 aliphatic rings. The molecule has 4 nitrogen and oxygen atoms in total. The van der Waals surface area contributed by atoms with Crippen molar-refractivity contribution in [2.24, 2.45) is 0 Å². The van der Waals surface area contributed by atoms with Crippen molar-refractivity contribution >= 4 is 0 Å². The van der Waals surface area contributed by atoms with E-state index in [0.717, 1.165) is 31.0 Å². The van der Waals surface area contributed by atoms with Gasteiger partial charge in [0.25, 0.3) is 0 Å². The summed E-state index contributed by atoms with van der Waals surface area (Å²) >= 11 is 0. The molecule has 0 spiro atoms. The largest absolute Gasteiger partial charge is 0.492 e. The highest BCUT2D eigenvalue weighted by Crippen LogP contribution is 2.12. The summed E-state index contributed by atoms with van der Waals surface area (Å²) in [5.41, 5.74) is 0.849. The number of aliphatic hydroxyl groups is 1. The fourth-order valence-corrected chi connectivity index (χ4v) is 1.92. The smallest absolute Gasteiger partial charge is 0.120 e. The van der Waals surface area contributed by atoms with Crippen LogP contribution in [-0.2, 0) is 4.74 Å². The molecule has 116 valence electrons. The standard InChI is InChI=1S/C17H25NO3/c1-15(2)18(9-12-20-3)10-13-21-17-8-4-6-16(14-17)7-5-11-19/h4,6,8,14-15,19H,9-13H2,1-3H3. The number of hydrogen-bond donors (Lipinski definition) is 1. The second kappa shape index (κ2) is 10.2. The Bertz CT molecular complexity index is 463. The van der Waals surface area contributed by atoms with E-state index in [-0.39, 0.29) is 6.61 Å². The molecule has 0 aliphatic heterocycles. The summed E-state index contributed by atoms with van der Waals surface area (Å²) in [6.07, 6.45) is 0. The summed E-state index contributed by atoms with van der Waals surface area (Å²) in [5.74, 6) is 6.31. The topological polar surface area (TPSA) is 41.9 Å². The summed E-state index contributed by atoms with van der Waals surface area (Å²) in [5, 5.41) is 8.70. The molecule has 21 heavy (non-hydrogen) atoms. The molecular weight excluding hydrogens is 266 g/mol. The van der Waals surface area contributed by atoms with Gasteiger partial charge in [0.2, 0.25) is 0 Å². The molecular formula is C17H25NO3. The fourth-order valence-electron chi connectivity index (χ4n) is 1.92. The Kier molecular flexibility index (Phi) is 8.53. The quantitative estimate of drug-likeness (QED) is 0.741. The summed E-state index contributed by atoms with van der Waals surface area (Å²) in [6.45, 7) is 7.31. The van der Waals surface area contributed by atoms with Gasteiger partial charge in [-0.1, -0.05) is 17.9 Å². The van der Waals surface area contributed by atoms with Gasteiger partial charge in [0, 0.05) is 31.8 Å². The second-order valence-corrected chi connectivity index (χ2v) is 4.96. The molecule has 0 unspecified atom stereocenters. The first kappa shape index (κ1) is 17.5. The van der Waals surface area contributed by atoms with E-state index in [2.05, 4.69) is 30.6 Å². The SMILES string of the molecule is COCCN(CCOc1cccc(C#CCO)c1)C(C)C. The van der Waals surface area contributed by atoms with Crippen LogP contribution in [0.2, 0.25) is 0 Å². The van der Waals surface area contributed by atoms with Gasteiger partial charge in [-0.3, -0.25) is 4.90 Å². The lowest BCUT2D eigenvalue weighted by molar-refractivity contribution is 0.116. The van der Waals surface area contributed by atoms with Crippen molar-refractivity contribution in [3.63, 3.8) is 0 Å². The first-order valence-electron chi connectivity index (χ1n) is 7.23. The molecule has 1 rings (SSSR count). The van der Waals surface area contributed by atoms with Gasteiger partial charge in [0.15, 0.2) is 0 Å². The molecule has 1 N–H and O–H groups in total. The van der Waals surface area contributed by atoms with Crippen molar-refractivity contribution < 1.29 is 14.6 Å². The monoisotopic (exact) mass is 291 g/mol. The molecule has 0 amide bonds. The molecule has 0 aliphatic carbocycles. The van der Waals surface area contributed by atoms with E-state index in [0.29, 0.717) is 12.6 Å². The number of aliphatic hydroxyl groups excluding tert-OH is 1. The van der Waals surface area contributed by atoms with Crippen molar-refractivity contribution in [2.75, 3.05) is 40.0 Å².